The Bertz CT molecular complexity index is 462. The molecule has 0 amide bonds. The van der Waals surface area contributed by atoms with E-state index in [2.05, 4.69) is 4.98 Å². The Balaban J connectivity index is 2.58. The normalized spacial score (nSPS) is 10.3. The molecule has 0 aliphatic rings. The lowest BCUT2D eigenvalue weighted by Crippen LogP contribution is -1.92. The maximum absolute atomic E-state index is 12.7. The fourth-order valence-electron chi connectivity index (χ4n) is 1.35. The van der Waals surface area contributed by atoms with Crippen molar-refractivity contribution in [3.05, 3.63) is 47.5 Å². The van der Waals surface area contributed by atoms with Crippen molar-refractivity contribution in [1.82, 2.24) is 4.98 Å². The first kappa shape index (κ1) is 9.93. The summed E-state index contributed by atoms with van der Waals surface area (Å²) in [5.74, 6) is -0.294. The van der Waals surface area contributed by atoms with E-state index in [1.807, 2.05) is 0 Å². The third-order valence-electron chi connectivity index (χ3n) is 2.07. The lowest BCUT2D eigenvalue weighted by atomic mass is 10.1. The molecule has 0 radical (unpaired) electrons. The highest BCUT2D eigenvalue weighted by Crippen LogP contribution is 2.31. The molecule has 4 heteroatoms. The number of pyridine rings is 1. The molecule has 2 N–H and O–H groups in total. The minimum atomic E-state index is -0.294. The van der Waals surface area contributed by atoms with Crippen molar-refractivity contribution in [2.24, 2.45) is 0 Å². The Morgan fingerprint density at radius 3 is 2.40 bits per heavy atom. The van der Waals surface area contributed by atoms with E-state index in [-0.39, 0.29) is 5.82 Å². The van der Waals surface area contributed by atoms with Crippen LogP contribution in [0.5, 0.6) is 0 Å². The molecule has 0 saturated carbocycles. The van der Waals surface area contributed by atoms with Gasteiger partial charge >= 0.3 is 0 Å². The van der Waals surface area contributed by atoms with Crippen LogP contribution in [0.25, 0.3) is 11.1 Å². The molecule has 0 fully saturated rings. The second-order valence-corrected chi connectivity index (χ2v) is 3.43. The summed E-state index contributed by atoms with van der Waals surface area (Å²) in [6.45, 7) is 0. The van der Waals surface area contributed by atoms with Gasteiger partial charge in [-0.3, -0.25) is 0 Å². The predicted octanol–water partition coefficient (Wildman–Crippen LogP) is 3.12. The number of nitrogens with two attached hydrogens (primary N) is 1. The molecule has 0 atom stereocenters. The Morgan fingerprint density at radius 2 is 1.80 bits per heavy atom. The third kappa shape index (κ3) is 1.92. The topological polar surface area (TPSA) is 38.9 Å². The summed E-state index contributed by atoms with van der Waals surface area (Å²) in [5, 5.41) is 0.321. The van der Waals surface area contributed by atoms with Crippen molar-refractivity contribution >= 4 is 17.3 Å². The van der Waals surface area contributed by atoms with Gasteiger partial charge in [-0.1, -0.05) is 23.7 Å². The Morgan fingerprint density at radius 1 is 1.13 bits per heavy atom. The van der Waals surface area contributed by atoms with Gasteiger partial charge in [0.2, 0.25) is 0 Å². The quantitative estimate of drug-likeness (QED) is 0.753. The van der Waals surface area contributed by atoms with Crippen LogP contribution < -0.4 is 5.73 Å². The summed E-state index contributed by atoms with van der Waals surface area (Å²) < 4.78 is 12.7. The average Bonchev–Trinajstić information content (AvgIpc) is 2.20. The minimum absolute atomic E-state index is 0.294. The number of benzene rings is 1. The highest BCUT2D eigenvalue weighted by atomic mass is 35.5. The summed E-state index contributed by atoms with van der Waals surface area (Å²) in [6.07, 6.45) is 1.53. The molecule has 0 saturated heterocycles. The summed E-state index contributed by atoms with van der Waals surface area (Å²) >= 11 is 5.92. The van der Waals surface area contributed by atoms with Crippen LogP contribution >= 0.6 is 11.6 Å². The molecule has 2 rings (SSSR count). The lowest BCUT2D eigenvalue weighted by Gasteiger charge is -2.06. The van der Waals surface area contributed by atoms with E-state index >= 15 is 0 Å². The van der Waals surface area contributed by atoms with Gasteiger partial charge < -0.3 is 5.73 Å². The number of anilines is 1. The molecular formula is C11H8ClFN2. The van der Waals surface area contributed by atoms with Gasteiger partial charge in [0.05, 0.1) is 0 Å². The lowest BCUT2D eigenvalue weighted by molar-refractivity contribution is 0.628. The van der Waals surface area contributed by atoms with Crippen molar-refractivity contribution in [2.75, 3.05) is 5.73 Å². The minimum Gasteiger partial charge on any atom is -0.398 e. The summed E-state index contributed by atoms with van der Waals surface area (Å²) in [5.41, 5.74) is 7.70. The number of hydrogen-bond donors (Lipinski definition) is 1. The van der Waals surface area contributed by atoms with Gasteiger partial charge in [0.25, 0.3) is 0 Å². The zero-order chi connectivity index (χ0) is 10.8. The van der Waals surface area contributed by atoms with Crippen LogP contribution in [-0.2, 0) is 0 Å². The molecular weight excluding hydrogens is 215 g/mol. The van der Waals surface area contributed by atoms with Crippen LogP contribution in [0.4, 0.5) is 10.1 Å². The van der Waals surface area contributed by atoms with Crippen molar-refractivity contribution in [3.8, 4) is 11.1 Å². The first-order chi connectivity index (χ1) is 7.18. The molecule has 15 heavy (non-hydrogen) atoms. The molecule has 0 unspecified atom stereocenters. The van der Waals surface area contributed by atoms with Crippen LogP contribution in [0.15, 0.2) is 36.5 Å². The van der Waals surface area contributed by atoms with Gasteiger partial charge in [0, 0.05) is 17.4 Å². The maximum Gasteiger partial charge on any atom is 0.138 e. The Hall–Kier alpha value is -1.61. The van der Waals surface area contributed by atoms with Gasteiger partial charge in [0.1, 0.15) is 11.0 Å². The van der Waals surface area contributed by atoms with E-state index in [4.69, 9.17) is 17.3 Å². The summed E-state index contributed by atoms with van der Waals surface area (Å²) in [4.78, 5) is 3.93. The maximum atomic E-state index is 12.7. The van der Waals surface area contributed by atoms with Crippen LogP contribution in [0, 0.1) is 5.82 Å². The Kier molecular flexibility index (Phi) is 2.56. The van der Waals surface area contributed by atoms with Crippen molar-refractivity contribution in [2.45, 2.75) is 0 Å². The highest BCUT2D eigenvalue weighted by molar-refractivity contribution is 6.32. The fraction of sp³-hybridized carbons (Fsp3) is 0. The second-order valence-electron chi connectivity index (χ2n) is 3.07. The molecule has 2 nitrogen and oxygen atoms in total. The number of halogens is 2. The number of nitrogens with zero attached hydrogens (tertiary/aromatic N) is 1. The number of hydrogen-bond acceptors (Lipinski definition) is 2. The van der Waals surface area contributed by atoms with Crippen LogP contribution in [0.3, 0.4) is 0 Å². The number of nitrogen functional groups attached to an aromatic ring is 1. The fourth-order valence-corrected chi connectivity index (χ4v) is 1.63. The van der Waals surface area contributed by atoms with Crippen molar-refractivity contribution in [3.63, 3.8) is 0 Å². The van der Waals surface area contributed by atoms with E-state index in [9.17, 15) is 4.39 Å². The van der Waals surface area contributed by atoms with E-state index in [1.54, 1.807) is 18.2 Å². The first-order valence-corrected chi connectivity index (χ1v) is 4.72. The van der Waals surface area contributed by atoms with Crippen molar-refractivity contribution in [1.29, 1.82) is 0 Å². The zero-order valence-electron chi connectivity index (χ0n) is 7.74. The standard InChI is InChI=1S/C11H8ClFN2/c12-11-10(9(14)5-6-15-11)7-1-3-8(13)4-2-7/h1-6H,(H2,14,15). The SMILES string of the molecule is Nc1ccnc(Cl)c1-c1ccc(F)cc1. The highest BCUT2D eigenvalue weighted by Gasteiger charge is 2.08. The Labute approximate surface area is 91.5 Å². The van der Waals surface area contributed by atoms with Crippen LogP contribution in [-0.4, -0.2) is 4.98 Å². The summed E-state index contributed by atoms with van der Waals surface area (Å²) in [7, 11) is 0. The van der Waals surface area contributed by atoms with E-state index in [0.29, 0.717) is 16.4 Å². The first-order valence-electron chi connectivity index (χ1n) is 4.34. The largest absolute Gasteiger partial charge is 0.398 e. The van der Waals surface area contributed by atoms with Gasteiger partial charge in [-0.2, -0.15) is 0 Å². The molecule has 0 spiro atoms. The van der Waals surface area contributed by atoms with Crippen LogP contribution in [0.2, 0.25) is 5.15 Å². The zero-order valence-corrected chi connectivity index (χ0v) is 8.50. The summed E-state index contributed by atoms with van der Waals surface area (Å²) in [6, 6.07) is 7.62. The predicted molar refractivity (Wildman–Crippen MR) is 59.1 cm³/mol. The number of aromatic nitrogens is 1. The van der Waals surface area contributed by atoms with E-state index < -0.39 is 0 Å². The molecule has 0 aliphatic heterocycles. The van der Waals surface area contributed by atoms with E-state index in [0.717, 1.165) is 5.56 Å². The van der Waals surface area contributed by atoms with Gasteiger partial charge in [-0.25, -0.2) is 9.37 Å². The molecule has 1 aromatic heterocycles. The molecule has 1 aromatic carbocycles. The third-order valence-corrected chi connectivity index (χ3v) is 2.36. The van der Waals surface area contributed by atoms with Crippen molar-refractivity contribution < 1.29 is 4.39 Å². The van der Waals surface area contributed by atoms with E-state index in [1.165, 1.54) is 18.3 Å². The monoisotopic (exact) mass is 222 g/mol. The van der Waals surface area contributed by atoms with Gasteiger partial charge in [-0.05, 0) is 23.8 Å². The van der Waals surface area contributed by atoms with Gasteiger partial charge in [-0.15, -0.1) is 0 Å². The molecule has 0 aliphatic carbocycles. The molecule has 76 valence electrons. The molecule has 0 bridgehead atoms. The second kappa shape index (κ2) is 3.87. The van der Waals surface area contributed by atoms with Gasteiger partial charge in [0.15, 0.2) is 0 Å². The van der Waals surface area contributed by atoms with Crippen LogP contribution in [0.1, 0.15) is 0 Å². The molecule has 1 heterocycles. The average molecular weight is 223 g/mol. The smallest absolute Gasteiger partial charge is 0.138 e. The molecule has 2 aromatic rings. The number of rotatable bonds is 1.